The van der Waals surface area contributed by atoms with Gasteiger partial charge in [0.2, 0.25) is 0 Å². The third-order valence-electron chi connectivity index (χ3n) is 2.86. The summed E-state index contributed by atoms with van der Waals surface area (Å²) in [5, 5.41) is 12.7. The molecule has 0 aliphatic carbocycles. The number of H-pyrrole nitrogens is 1. The van der Waals surface area contributed by atoms with Gasteiger partial charge in [0.1, 0.15) is 5.82 Å². The van der Waals surface area contributed by atoms with Crippen LogP contribution in [0.2, 0.25) is 0 Å². The Morgan fingerprint density at radius 3 is 3.00 bits per heavy atom. The van der Waals surface area contributed by atoms with Gasteiger partial charge in [-0.2, -0.15) is 5.10 Å². The molecule has 2 aromatic heterocycles. The molecule has 1 fully saturated rings. The zero-order chi connectivity index (χ0) is 11.5. The van der Waals surface area contributed by atoms with Gasteiger partial charge < -0.3 is 5.32 Å². The Labute approximate surface area is 104 Å². The van der Waals surface area contributed by atoms with Gasteiger partial charge in [0.05, 0.1) is 11.4 Å². The topological polar surface area (TPSA) is 56.8 Å². The third kappa shape index (κ3) is 2.54. The van der Waals surface area contributed by atoms with Crippen molar-refractivity contribution in [2.75, 3.05) is 26.2 Å². The van der Waals surface area contributed by atoms with Crippen LogP contribution in [0.3, 0.4) is 0 Å². The molecule has 0 bridgehead atoms. The zero-order valence-corrected chi connectivity index (χ0v) is 10.3. The van der Waals surface area contributed by atoms with Crippen LogP contribution in [0.15, 0.2) is 17.5 Å². The van der Waals surface area contributed by atoms with Crippen LogP contribution in [-0.2, 0) is 6.54 Å². The summed E-state index contributed by atoms with van der Waals surface area (Å²) in [7, 11) is 0. The second-order valence-electron chi connectivity index (χ2n) is 4.11. The average molecular weight is 249 g/mol. The highest BCUT2D eigenvalue weighted by molar-refractivity contribution is 7.13. The molecule has 0 spiro atoms. The molecule has 2 aromatic rings. The van der Waals surface area contributed by atoms with Gasteiger partial charge in [-0.3, -0.25) is 10.00 Å². The van der Waals surface area contributed by atoms with Crippen LogP contribution in [0.25, 0.3) is 10.7 Å². The lowest BCUT2D eigenvalue weighted by atomic mass is 10.3. The highest BCUT2D eigenvalue weighted by Gasteiger charge is 2.13. The largest absolute Gasteiger partial charge is 0.314 e. The second kappa shape index (κ2) is 4.95. The molecule has 90 valence electrons. The smallest absolute Gasteiger partial charge is 0.191 e. The predicted octanol–water partition coefficient (Wildman–Crippen LogP) is 0.938. The van der Waals surface area contributed by atoms with Gasteiger partial charge in [-0.15, -0.1) is 11.3 Å². The standard InChI is InChI=1S/C11H15N5S/c1-2-9(17-7-1)11-13-10(14-15-11)8-16-5-3-12-4-6-16/h1-2,7,12H,3-6,8H2,(H,13,14,15). The highest BCUT2D eigenvalue weighted by Crippen LogP contribution is 2.20. The minimum absolute atomic E-state index is 0.810. The van der Waals surface area contributed by atoms with Crippen molar-refractivity contribution in [2.24, 2.45) is 0 Å². The maximum atomic E-state index is 4.53. The molecule has 0 aromatic carbocycles. The minimum atomic E-state index is 0.810. The van der Waals surface area contributed by atoms with E-state index in [-0.39, 0.29) is 0 Å². The van der Waals surface area contributed by atoms with E-state index in [0.717, 1.165) is 49.2 Å². The van der Waals surface area contributed by atoms with Crippen molar-refractivity contribution in [3.05, 3.63) is 23.3 Å². The van der Waals surface area contributed by atoms with Crippen molar-refractivity contribution in [3.8, 4) is 10.7 Å². The zero-order valence-electron chi connectivity index (χ0n) is 9.52. The Bertz CT molecular complexity index is 458. The molecule has 1 aliphatic rings. The molecular formula is C11H15N5S. The number of piperazine rings is 1. The first-order valence-electron chi connectivity index (χ1n) is 5.80. The summed E-state index contributed by atoms with van der Waals surface area (Å²) < 4.78 is 0. The molecule has 3 heterocycles. The molecule has 1 aliphatic heterocycles. The maximum Gasteiger partial charge on any atom is 0.191 e. The quantitative estimate of drug-likeness (QED) is 0.850. The SMILES string of the molecule is c1csc(-c2n[nH]c(CN3CCNCC3)n2)c1. The summed E-state index contributed by atoms with van der Waals surface area (Å²) in [5.41, 5.74) is 0. The van der Waals surface area contributed by atoms with E-state index in [1.54, 1.807) is 11.3 Å². The number of nitrogens with one attached hydrogen (secondary N) is 2. The first kappa shape index (κ1) is 10.9. The molecule has 5 nitrogen and oxygen atoms in total. The van der Waals surface area contributed by atoms with Crippen molar-refractivity contribution in [3.63, 3.8) is 0 Å². The first-order chi connectivity index (χ1) is 8.42. The van der Waals surface area contributed by atoms with Gasteiger partial charge in [-0.25, -0.2) is 4.98 Å². The van der Waals surface area contributed by atoms with Crippen LogP contribution in [0.5, 0.6) is 0 Å². The summed E-state index contributed by atoms with van der Waals surface area (Å²) in [6.45, 7) is 5.14. The van der Waals surface area contributed by atoms with E-state index in [4.69, 9.17) is 0 Å². The summed E-state index contributed by atoms with van der Waals surface area (Å²) >= 11 is 1.67. The molecule has 1 saturated heterocycles. The number of thiophene rings is 1. The molecule has 6 heteroatoms. The fourth-order valence-electron chi connectivity index (χ4n) is 1.96. The van der Waals surface area contributed by atoms with Crippen LogP contribution in [0.1, 0.15) is 5.82 Å². The van der Waals surface area contributed by atoms with Gasteiger partial charge in [-0.1, -0.05) is 6.07 Å². The molecule has 3 rings (SSSR count). The normalized spacial score (nSPS) is 17.4. The third-order valence-corrected chi connectivity index (χ3v) is 3.72. The Morgan fingerprint density at radius 1 is 1.35 bits per heavy atom. The monoisotopic (exact) mass is 249 g/mol. The molecule has 0 amide bonds. The molecular weight excluding hydrogens is 234 g/mol. The lowest BCUT2D eigenvalue weighted by Gasteiger charge is -2.25. The van der Waals surface area contributed by atoms with Crippen molar-refractivity contribution in [1.82, 2.24) is 25.4 Å². The number of rotatable bonds is 3. The van der Waals surface area contributed by atoms with Crippen LogP contribution in [0.4, 0.5) is 0 Å². The summed E-state index contributed by atoms with van der Waals surface area (Å²) in [4.78, 5) is 8.03. The van der Waals surface area contributed by atoms with Crippen LogP contribution >= 0.6 is 11.3 Å². The van der Waals surface area contributed by atoms with Gasteiger partial charge in [0.25, 0.3) is 0 Å². The molecule has 2 N–H and O–H groups in total. The van der Waals surface area contributed by atoms with Crippen LogP contribution in [0, 0.1) is 0 Å². The number of aromatic amines is 1. The van der Waals surface area contributed by atoms with Gasteiger partial charge in [0.15, 0.2) is 5.82 Å². The van der Waals surface area contributed by atoms with Crippen molar-refractivity contribution in [1.29, 1.82) is 0 Å². The Balaban J connectivity index is 1.68. The fraction of sp³-hybridized carbons (Fsp3) is 0.455. The van der Waals surface area contributed by atoms with E-state index in [9.17, 15) is 0 Å². The number of nitrogens with zero attached hydrogens (tertiary/aromatic N) is 3. The highest BCUT2D eigenvalue weighted by atomic mass is 32.1. The molecule has 0 saturated carbocycles. The van der Waals surface area contributed by atoms with Gasteiger partial charge >= 0.3 is 0 Å². The predicted molar refractivity (Wildman–Crippen MR) is 67.8 cm³/mol. The second-order valence-corrected chi connectivity index (χ2v) is 5.06. The lowest BCUT2D eigenvalue weighted by Crippen LogP contribution is -2.43. The van der Waals surface area contributed by atoms with Crippen molar-refractivity contribution >= 4 is 11.3 Å². The van der Waals surface area contributed by atoms with E-state index in [1.165, 1.54) is 0 Å². The fourth-order valence-corrected chi connectivity index (χ4v) is 2.62. The van der Waals surface area contributed by atoms with E-state index in [0.29, 0.717) is 0 Å². The maximum absolute atomic E-state index is 4.53. The van der Waals surface area contributed by atoms with E-state index in [1.807, 2.05) is 17.5 Å². The molecule has 17 heavy (non-hydrogen) atoms. The summed E-state index contributed by atoms with van der Waals surface area (Å²) in [6, 6.07) is 4.06. The van der Waals surface area contributed by atoms with Gasteiger partial charge in [0, 0.05) is 26.2 Å². The Hall–Kier alpha value is -1.24. The van der Waals surface area contributed by atoms with Crippen molar-refractivity contribution in [2.45, 2.75) is 6.54 Å². The Morgan fingerprint density at radius 2 is 2.24 bits per heavy atom. The van der Waals surface area contributed by atoms with Crippen LogP contribution in [-0.4, -0.2) is 46.3 Å². The Kier molecular flexibility index (Phi) is 3.17. The molecule has 0 radical (unpaired) electrons. The average Bonchev–Trinajstić information content (AvgIpc) is 3.00. The number of aromatic nitrogens is 3. The lowest BCUT2D eigenvalue weighted by molar-refractivity contribution is 0.228. The van der Waals surface area contributed by atoms with Gasteiger partial charge in [-0.05, 0) is 11.4 Å². The number of hydrogen-bond donors (Lipinski definition) is 2. The minimum Gasteiger partial charge on any atom is -0.314 e. The van der Waals surface area contributed by atoms with Crippen molar-refractivity contribution < 1.29 is 0 Å². The number of hydrogen-bond acceptors (Lipinski definition) is 5. The van der Waals surface area contributed by atoms with E-state index < -0.39 is 0 Å². The summed E-state index contributed by atoms with van der Waals surface area (Å²) in [6.07, 6.45) is 0. The summed E-state index contributed by atoms with van der Waals surface area (Å²) in [5.74, 6) is 1.76. The van der Waals surface area contributed by atoms with Crippen LogP contribution < -0.4 is 5.32 Å². The van der Waals surface area contributed by atoms with E-state index in [2.05, 4.69) is 25.4 Å². The first-order valence-corrected chi connectivity index (χ1v) is 6.68. The molecule has 0 atom stereocenters. The molecule has 0 unspecified atom stereocenters. The van der Waals surface area contributed by atoms with E-state index >= 15 is 0 Å².